The molecule has 23 heavy (non-hydrogen) atoms. The third-order valence-electron chi connectivity index (χ3n) is 3.43. The fourth-order valence-corrected chi connectivity index (χ4v) is 2.31. The molecule has 0 radical (unpaired) electrons. The van der Waals surface area contributed by atoms with Crippen molar-refractivity contribution < 1.29 is 4.79 Å². The van der Waals surface area contributed by atoms with Crippen molar-refractivity contribution in [3.63, 3.8) is 0 Å². The normalized spacial score (nSPS) is 10.7. The predicted octanol–water partition coefficient (Wildman–Crippen LogP) is 1.85. The van der Waals surface area contributed by atoms with E-state index < -0.39 is 0 Å². The first-order chi connectivity index (χ1) is 11.0. The molecule has 0 fully saturated rings. The average molecular weight is 310 g/mol. The van der Waals surface area contributed by atoms with E-state index in [1.807, 2.05) is 39.0 Å². The summed E-state index contributed by atoms with van der Waals surface area (Å²) in [4.78, 5) is 16.3. The molecular weight excluding hydrogens is 292 g/mol. The molecule has 7 heteroatoms. The van der Waals surface area contributed by atoms with E-state index in [0.717, 1.165) is 28.5 Å². The molecule has 2 N–H and O–H groups in total. The van der Waals surface area contributed by atoms with E-state index in [0.29, 0.717) is 12.2 Å². The van der Waals surface area contributed by atoms with E-state index in [-0.39, 0.29) is 5.91 Å². The molecule has 0 atom stereocenters. The van der Waals surface area contributed by atoms with E-state index in [2.05, 4.69) is 25.6 Å². The second-order valence-corrected chi connectivity index (χ2v) is 5.48. The van der Waals surface area contributed by atoms with Crippen LogP contribution < -0.4 is 5.32 Å². The zero-order valence-corrected chi connectivity index (χ0v) is 13.3. The van der Waals surface area contributed by atoms with Gasteiger partial charge >= 0.3 is 0 Å². The van der Waals surface area contributed by atoms with Gasteiger partial charge < -0.3 is 5.32 Å². The smallest absolute Gasteiger partial charge is 0.272 e. The van der Waals surface area contributed by atoms with Gasteiger partial charge in [0, 0.05) is 24.1 Å². The highest BCUT2D eigenvalue weighted by Gasteiger charge is 2.09. The van der Waals surface area contributed by atoms with Gasteiger partial charge in [-0.15, -0.1) is 0 Å². The molecule has 3 aromatic rings. The number of H-pyrrole nitrogens is 1. The molecule has 7 nitrogen and oxygen atoms in total. The van der Waals surface area contributed by atoms with Gasteiger partial charge in [-0.05, 0) is 44.5 Å². The number of rotatable bonds is 4. The first kappa shape index (κ1) is 15.0. The van der Waals surface area contributed by atoms with Crippen LogP contribution in [0.5, 0.6) is 0 Å². The molecule has 3 rings (SSSR count). The van der Waals surface area contributed by atoms with Crippen LogP contribution in [0.4, 0.5) is 0 Å². The summed E-state index contributed by atoms with van der Waals surface area (Å²) in [5, 5.41) is 13.9. The molecule has 3 heterocycles. The van der Waals surface area contributed by atoms with Crippen LogP contribution in [0.15, 0.2) is 30.5 Å². The van der Waals surface area contributed by atoms with Crippen molar-refractivity contribution in [1.82, 2.24) is 30.3 Å². The maximum absolute atomic E-state index is 11.9. The summed E-state index contributed by atoms with van der Waals surface area (Å²) in [6, 6.07) is 7.52. The summed E-state index contributed by atoms with van der Waals surface area (Å²) in [5.74, 6) is 0.547. The van der Waals surface area contributed by atoms with Gasteiger partial charge in [0.15, 0.2) is 5.82 Å². The van der Waals surface area contributed by atoms with Crippen molar-refractivity contribution in [2.75, 3.05) is 0 Å². The van der Waals surface area contributed by atoms with Crippen LogP contribution in [-0.2, 0) is 6.54 Å². The Hall–Kier alpha value is -2.96. The van der Waals surface area contributed by atoms with E-state index >= 15 is 0 Å². The standard InChI is InChI=1S/C16H18N6O/c1-10-7-14(20-19-10)16(23)18-9-13-4-5-15(17-8-13)22-12(3)6-11(2)21-22/h4-8H,9H2,1-3H3,(H,18,23)(H,19,20). The van der Waals surface area contributed by atoms with Crippen LogP contribution in [0.25, 0.3) is 5.82 Å². The van der Waals surface area contributed by atoms with Gasteiger partial charge in [-0.1, -0.05) is 6.07 Å². The Morgan fingerprint density at radius 2 is 2.09 bits per heavy atom. The maximum atomic E-state index is 11.9. The molecule has 0 aliphatic carbocycles. The van der Waals surface area contributed by atoms with Gasteiger partial charge in [-0.3, -0.25) is 9.89 Å². The predicted molar refractivity (Wildman–Crippen MR) is 85.3 cm³/mol. The minimum absolute atomic E-state index is 0.211. The minimum atomic E-state index is -0.211. The quantitative estimate of drug-likeness (QED) is 0.769. The largest absolute Gasteiger partial charge is 0.347 e. The average Bonchev–Trinajstić information content (AvgIpc) is 3.11. The summed E-state index contributed by atoms with van der Waals surface area (Å²) in [6.45, 7) is 6.19. The van der Waals surface area contributed by atoms with Crippen molar-refractivity contribution >= 4 is 5.91 Å². The Balaban J connectivity index is 1.66. The summed E-state index contributed by atoms with van der Waals surface area (Å²) >= 11 is 0. The van der Waals surface area contributed by atoms with E-state index in [4.69, 9.17) is 0 Å². The molecule has 0 spiro atoms. The maximum Gasteiger partial charge on any atom is 0.272 e. The topological polar surface area (TPSA) is 88.5 Å². The number of carbonyl (C=O) groups excluding carboxylic acids is 1. The lowest BCUT2D eigenvalue weighted by Crippen LogP contribution is -2.23. The highest BCUT2D eigenvalue weighted by Crippen LogP contribution is 2.10. The zero-order chi connectivity index (χ0) is 16.4. The van der Waals surface area contributed by atoms with Gasteiger partial charge in [-0.25, -0.2) is 9.67 Å². The van der Waals surface area contributed by atoms with E-state index in [1.54, 1.807) is 16.9 Å². The van der Waals surface area contributed by atoms with E-state index in [9.17, 15) is 4.79 Å². The Labute approximate surface area is 133 Å². The van der Waals surface area contributed by atoms with E-state index in [1.165, 1.54) is 0 Å². The number of carbonyl (C=O) groups is 1. The fourth-order valence-electron chi connectivity index (χ4n) is 2.31. The highest BCUT2D eigenvalue weighted by atomic mass is 16.1. The number of nitrogens with one attached hydrogen (secondary N) is 2. The molecule has 0 unspecified atom stereocenters. The van der Waals surface area contributed by atoms with Crippen molar-refractivity contribution in [3.8, 4) is 5.82 Å². The molecule has 0 aliphatic rings. The third kappa shape index (κ3) is 3.28. The van der Waals surface area contributed by atoms with Gasteiger partial charge in [0.25, 0.3) is 5.91 Å². The van der Waals surface area contributed by atoms with Gasteiger partial charge in [0.05, 0.1) is 5.69 Å². The van der Waals surface area contributed by atoms with Crippen molar-refractivity contribution in [2.45, 2.75) is 27.3 Å². The van der Waals surface area contributed by atoms with Gasteiger partial charge in [-0.2, -0.15) is 10.2 Å². The Bertz CT molecular complexity index is 831. The van der Waals surface area contributed by atoms with Crippen molar-refractivity contribution in [2.24, 2.45) is 0 Å². The number of aromatic amines is 1. The highest BCUT2D eigenvalue weighted by molar-refractivity contribution is 5.92. The fraction of sp³-hybridized carbons (Fsp3) is 0.250. The molecule has 0 saturated carbocycles. The summed E-state index contributed by atoms with van der Waals surface area (Å²) < 4.78 is 1.80. The molecular formula is C16H18N6O. The molecule has 0 bridgehead atoms. The first-order valence-electron chi connectivity index (χ1n) is 7.32. The molecule has 0 saturated heterocycles. The molecule has 0 aromatic carbocycles. The number of hydrogen-bond donors (Lipinski definition) is 2. The Morgan fingerprint density at radius 1 is 1.26 bits per heavy atom. The van der Waals surface area contributed by atoms with Crippen molar-refractivity contribution in [1.29, 1.82) is 0 Å². The lowest BCUT2D eigenvalue weighted by molar-refractivity contribution is 0.0946. The molecule has 1 amide bonds. The Morgan fingerprint density at radius 3 is 2.65 bits per heavy atom. The van der Waals surface area contributed by atoms with Crippen LogP contribution in [0.1, 0.15) is 33.1 Å². The number of nitrogens with zero attached hydrogens (tertiary/aromatic N) is 4. The SMILES string of the molecule is Cc1cc(C)n(-c2ccc(CNC(=O)c3cc(C)[nH]n3)cn2)n1. The van der Waals surface area contributed by atoms with Crippen LogP contribution in [-0.4, -0.2) is 30.9 Å². The first-order valence-corrected chi connectivity index (χ1v) is 7.32. The number of pyridine rings is 1. The van der Waals surface area contributed by atoms with Gasteiger partial charge in [0.1, 0.15) is 5.69 Å². The van der Waals surface area contributed by atoms with Crippen molar-refractivity contribution in [3.05, 3.63) is 58.8 Å². The second kappa shape index (κ2) is 6.04. The lowest BCUT2D eigenvalue weighted by Gasteiger charge is -2.06. The summed E-state index contributed by atoms with van der Waals surface area (Å²) in [7, 11) is 0. The summed E-state index contributed by atoms with van der Waals surface area (Å²) in [5.41, 5.74) is 4.14. The number of hydrogen-bond acceptors (Lipinski definition) is 4. The second-order valence-electron chi connectivity index (χ2n) is 5.48. The van der Waals surface area contributed by atoms with Gasteiger partial charge in [0.2, 0.25) is 0 Å². The monoisotopic (exact) mass is 310 g/mol. The van der Waals surface area contributed by atoms with Crippen LogP contribution in [0, 0.1) is 20.8 Å². The summed E-state index contributed by atoms with van der Waals surface area (Å²) in [6.07, 6.45) is 1.74. The third-order valence-corrected chi connectivity index (χ3v) is 3.43. The minimum Gasteiger partial charge on any atom is -0.347 e. The lowest BCUT2D eigenvalue weighted by atomic mass is 10.2. The zero-order valence-electron chi connectivity index (χ0n) is 13.3. The molecule has 3 aromatic heterocycles. The molecule has 118 valence electrons. The molecule has 0 aliphatic heterocycles. The number of aromatic nitrogens is 5. The number of amides is 1. The van der Waals surface area contributed by atoms with Crippen LogP contribution >= 0.6 is 0 Å². The number of aryl methyl sites for hydroxylation is 3. The van der Waals surface area contributed by atoms with Crippen LogP contribution in [0.3, 0.4) is 0 Å². The van der Waals surface area contributed by atoms with Crippen LogP contribution in [0.2, 0.25) is 0 Å². The Kier molecular flexibility index (Phi) is 3.92.